The van der Waals surface area contributed by atoms with Crippen LogP contribution in [0.25, 0.3) is 0 Å². The van der Waals surface area contributed by atoms with Crippen molar-refractivity contribution in [1.29, 1.82) is 0 Å². The number of rotatable bonds is 5. The van der Waals surface area contributed by atoms with Gasteiger partial charge in [0.1, 0.15) is 5.82 Å². The molecule has 0 radical (unpaired) electrons. The number of aliphatic hydroxyl groups excluding tert-OH is 1. The fourth-order valence-corrected chi connectivity index (χ4v) is 1.30. The Morgan fingerprint density at radius 1 is 1.41 bits per heavy atom. The Bertz CT molecular complexity index is 354. The Balaban J connectivity index is 2.32. The molecular weight excluding hydrogens is 223 g/mol. The van der Waals surface area contributed by atoms with E-state index in [1.807, 2.05) is 6.92 Å². The molecule has 3 N–H and O–H groups in total. The first kappa shape index (κ1) is 13.4. The van der Waals surface area contributed by atoms with Gasteiger partial charge in [0, 0.05) is 18.8 Å². The standard InChI is InChI=1S/C12H17FN2O2/c1-9(6-7-16)8-14-12(17)15-11-4-2-10(13)3-5-11/h2-5,9,16H,6-8H2,1H3,(H2,14,15,17). The largest absolute Gasteiger partial charge is 0.396 e. The second-order valence-electron chi connectivity index (χ2n) is 3.96. The van der Waals surface area contributed by atoms with Crippen molar-refractivity contribution in [3.05, 3.63) is 30.1 Å². The van der Waals surface area contributed by atoms with Gasteiger partial charge in [0.15, 0.2) is 0 Å². The topological polar surface area (TPSA) is 61.4 Å². The zero-order valence-electron chi connectivity index (χ0n) is 9.74. The predicted octanol–water partition coefficient (Wildman–Crippen LogP) is 1.97. The molecule has 0 spiro atoms. The minimum atomic E-state index is -0.340. The van der Waals surface area contributed by atoms with Gasteiger partial charge >= 0.3 is 6.03 Å². The number of carbonyl (C=O) groups is 1. The van der Waals surface area contributed by atoms with Crippen LogP contribution in [0.1, 0.15) is 13.3 Å². The lowest BCUT2D eigenvalue weighted by atomic mass is 10.1. The quantitative estimate of drug-likeness (QED) is 0.736. The number of hydrogen-bond acceptors (Lipinski definition) is 2. The van der Waals surface area contributed by atoms with Gasteiger partial charge in [0.2, 0.25) is 0 Å². The average molecular weight is 240 g/mol. The highest BCUT2D eigenvalue weighted by Gasteiger charge is 2.05. The molecule has 0 aliphatic rings. The first-order chi connectivity index (χ1) is 8.11. The van der Waals surface area contributed by atoms with Gasteiger partial charge in [-0.3, -0.25) is 0 Å². The maximum Gasteiger partial charge on any atom is 0.319 e. The van der Waals surface area contributed by atoms with Gasteiger partial charge in [0.25, 0.3) is 0 Å². The van der Waals surface area contributed by atoms with Crippen molar-refractivity contribution < 1.29 is 14.3 Å². The van der Waals surface area contributed by atoms with Crippen LogP contribution in [-0.4, -0.2) is 24.3 Å². The van der Waals surface area contributed by atoms with E-state index >= 15 is 0 Å². The maximum absolute atomic E-state index is 12.6. The van der Waals surface area contributed by atoms with Crippen LogP contribution in [0.5, 0.6) is 0 Å². The highest BCUT2D eigenvalue weighted by molar-refractivity contribution is 5.89. The first-order valence-corrected chi connectivity index (χ1v) is 5.53. The summed E-state index contributed by atoms with van der Waals surface area (Å²) < 4.78 is 12.6. The molecule has 1 aromatic rings. The van der Waals surface area contributed by atoms with Crippen molar-refractivity contribution >= 4 is 11.7 Å². The molecule has 1 unspecified atom stereocenters. The second kappa shape index (κ2) is 6.85. The van der Waals surface area contributed by atoms with Crippen LogP contribution in [0.4, 0.5) is 14.9 Å². The van der Waals surface area contributed by atoms with E-state index in [1.54, 1.807) is 0 Å². The summed E-state index contributed by atoms with van der Waals surface area (Å²) in [5.41, 5.74) is 0.540. The van der Waals surface area contributed by atoms with E-state index in [2.05, 4.69) is 10.6 Å². The number of carbonyl (C=O) groups excluding carboxylic acids is 1. The Morgan fingerprint density at radius 3 is 2.65 bits per heavy atom. The number of aliphatic hydroxyl groups is 1. The highest BCUT2D eigenvalue weighted by Crippen LogP contribution is 2.07. The fraction of sp³-hybridized carbons (Fsp3) is 0.417. The fourth-order valence-electron chi connectivity index (χ4n) is 1.30. The van der Waals surface area contributed by atoms with Crippen LogP contribution < -0.4 is 10.6 Å². The van der Waals surface area contributed by atoms with Gasteiger partial charge in [-0.1, -0.05) is 6.92 Å². The van der Waals surface area contributed by atoms with Crippen molar-refractivity contribution in [3.8, 4) is 0 Å². The number of amides is 2. The van der Waals surface area contributed by atoms with Crippen LogP contribution in [0.3, 0.4) is 0 Å². The molecular formula is C12H17FN2O2. The third-order valence-corrected chi connectivity index (χ3v) is 2.34. The van der Waals surface area contributed by atoms with E-state index in [0.29, 0.717) is 18.7 Å². The van der Waals surface area contributed by atoms with Crippen molar-refractivity contribution in [2.45, 2.75) is 13.3 Å². The SMILES string of the molecule is CC(CCO)CNC(=O)Nc1ccc(F)cc1. The van der Waals surface area contributed by atoms with Crippen molar-refractivity contribution in [1.82, 2.24) is 5.32 Å². The van der Waals surface area contributed by atoms with Crippen LogP contribution in [0, 0.1) is 11.7 Å². The molecule has 0 aromatic heterocycles. The predicted molar refractivity (Wildman–Crippen MR) is 64.3 cm³/mol. The molecule has 4 nitrogen and oxygen atoms in total. The van der Waals surface area contributed by atoms with Crippen LogP contribution in [0.2, 0.25) is 0 Å². The van der Waals surface area contributed by atoms with Gasteiger partial charge in [-0.25, -0.2) is 9.18 Å². The Morgan fingerprint density at radius 2 is 2.06 bits per heavy atom. The van der Waals surface area contributed by atoms with Crippen molar-refractivity contribution in [3.63, 3.8) is 0 Å². The number of benzene rings is 1. The second-order valence-corrected chi connectivity index (χ2v) is 3.96. The summed E-state index contributed by atoms with van der Waals surface area (Å²) in [7, 11) is 0. The molecule has 0 bridgehead atoms. The Hall–Kier alpha value is -1.62. The number of anilines is 1. The lowest BCUT2D eigenvalue weighted by molar-refractivity contribution is 0.243. The minimum Gasteiger partial charge on any atom is -0.396 e. The molecule has 0 saturated heterocycles. The van der Waals surface area contributed by atoms with E-state index in [0.717, 1.165) is 0 Å². The molecule has 17 heavy (non-hydrogen) atoms. The highest BCUT2D eigenvalue weighted by atomic mass is 19.1. The van der Waals surface area contributed by atoms with Gasteiger partial charge < -0.3 is 15.7 Å². The summed E-state index contributed by atoms with van der Waals surface area (Å²) in [6.07, 6.45) is 0.650. The molecule has 1 aromatic carbocycles. The monoisotopic (exact) mass is 240 g/mol. The van der Waals surface area contributed by atoms with Crippen molar-refractivity contribution in [2.75, 3.05) is 18.5 Å². The number of hydrogen-bond donors (Lipinski definition) is 3. The Kier molecular flexibility index (Phi) is 5.42. The van der Waals surface area contributed by atoms with Gasteiger partial charge in [0.05, 0.1) is 0 Å². The molecule has 1 rings (SSSR count). The zero-order valence-corrected chi connectivity index (χ0v) is 9.74. The van der Waals surface area contributed by atoms with E-state index in [1.165, 1.54) is 24.3 Å². The van der Waals surface area contributed by atoms with Gasteiger partial charge in [-0.2, -0.15) is 0 Å². The summed E-state index contributed by atoms with van der Waals surface area (Å²) in [5, 5.41) is 14.0. The normalized spacial score (nSPS) is 11.9. The summed E-state index contributed by atoms with van der Waals surface area (Å²) in [5.74, 6) is -0.119. The number of urea groups is 1. The molecule has 0 aliphatic carbocycles. The zero-order chi connectivity index (χ0) is 12.7. The molecule has 0 saturated carbocycles. The molecule has 0 heterocycles. The molecule has 1 atom stereocenters. The minimum absolute atomic E-state index is 0.114. The van der Waals surface area contributed by atoms with E-state index in [-0.39, 0.29) is 24.4 Å². The van der Waals surface area contributed by atoms with Crippen molar-refractivity contribution in [2.24, 2.45) is 5.92 Å². The van der Waals surface area contributed by atoms with Crippen LogP contribution in [-0.2, 0) is 0 Å². The first-order valence-electron chi connectivity index (χ1n) is 5.53. The third kappa shape index (κ3) is 5.31. The third-order valence-electron chi connectivity index (χ3n) is 2.34. The molecule has 94 valence electrons. The summed E-state index contributed by atoms with van der Waals surface area (Å²) in [4.78, 5) is 11.4. The molecule has 2 amide bonds. The maximum atomic E-state index is 12.6. The number of nitrogens with one attached hydrogen (secondary N) is 2. The van der Waals surface area contributed by atoms with E-state index in [9.17, 15) is 9.18 Å². The summed E-state index contributed by atoms with van der Waals surface area (Å²) in [6.45, 7) is 2.55. The molecule has 0 fully saturated rings. The van der Waals surface area contributed by atoms with Crippen LogP contribution >= 0.6 is 0 Å². The average Bonchev–Trinajstić information content (AvgIpc) is 2.30. The van der Waals surface area contributed by atoms with E-state index in [4.69, 9.17) is 5.11 Å². The lowest BCUT2D eigenvalue weighted by Gasteiger charge is -2.12. The lowest BCUT2D eigenvalue weighted by Crippen LogP contribution is -2.32. The van der Waals surface area contributed by atoms with Gasteiger partial charge in [-0.05, 0) is 36.6 Å². The summed E-state index contributed by atoms with van der Waals surface area (Å²) in [6, 6.07) is 5.22. The van der Waals surface area contributed by atoms with Gasteiger partial charge in [-0.15, -0.1) is 0 Å². The molecule has 0 aliphatic heterocycles. The summed E-state index contributed by atoms with van der Waals surface area (Å²) >= 11 is 0. The smallest absolute Gasteiger partial charge is 0.319 e. The van der Waals surface area contributed by atoms with E-state index < -0.39 is 0 Å². The number of halogens is 1. The molecule has 5 heteroatoms. The van der Waals surface area contributed by atoms with Crippen LogP contribution in [0.15, 0.2) is 24.3 Å². The Labute approximate surface area is 99.8 Å².